The molecule has 1 amide bonds. The average molecular weight is 468 g/mol. The topological polar surface area (TPSA) is 74.9 Å². The molecule has 9 heteroatoms. The van der Waals surface area contributed by atoms with Gasteiger partial charge in [-0.05, 0) is 48.5 Å². The van der Waals surface area contributed by atoms with Crippen LogP contribution in [-0.2, 0) is 11.3 Å². The fourth-order valence-electron chi connectivity index (χ4n) is 4.15. The Balaban J connectivity index is 1.13. The third-order valence-electron chi connectivity index (χ3n) is 6.08. The number of nitrogens with zero attached hydrogens (tertiary/aromatic N) is 5. The van der Waals surface area contributed by atoms with Crippen LogP contribution in [0.2, 0.25) is 5.02 Å². The van der Waals surface area contributed by atoms with Crippen molar-refractivity contribution in [2.75, 3.05) is 57.4 Å². The van der Waals surface area contributed by atoms with Crippen LogP contribution in [-0.4, -0.2) is 78.3 Å². The van der Waals surface area contributed by atoms with Gasteiger partial charge in [0, 0.05) is 61.1 Å². The normalized spacial score (nSPS) is 17.4. The number of ether oxygens (including phenoxy) is 1. The first-order valence-corrected chi connectivity index (χ1v) is 11.6. The van der Waals surface area contributed by atoms with Crippen molar-refractivity contribution in [1.82, 2.24) is 19.9 Å². The maximum Gasteiger partial charge on any atom is 0.253 e. The molecule has 1 aromatic heterocycles. The largest absolute Gasteiger partial charge is 0.378 e. The van der Waals surface area contributed by atoms with Crippen molar-refractivity contribution in [3.8, 4) is 11.4 Å². The monoisotopic (exact) mass is 467 g/mol. The molecule has 3 aromatic rings. The van der Waals surface area contributed by atoms with Gasteiger partial charge in [-0.1, -0.05) is 16.8 Å². The van der Waals surface area contributed by atoms with E-state index in [0.29, 0.717) is 36.4 Å². The number of amides is 1. The summed E-state index contributed by atoms with van der Waals surface area (Å²) in [6.07, 6.45) is 0. The smallest absolute Gasteiger partial charge is 0.253 e. The van der Waals surface area contributed by atoms with E-state index in [1.54, 1.807) is 12.1 Å². The molecule has 2 aliphatic heterocycles. The lowest BCUT2D eigenvalue weighted by Gasteiger charge is -2.34. The number of carbonyl (C=O) groups is 1. The summed E-state index contributed by atoms with van der Waals surface area (Å²) in [6.45, 7) is 6.69. The lowest BCUT2D eigenvalue weighted by Crippen LogP contribution is -2.48. The summed E-state index contributed by atoms with van der Waals surface area (Å²) in [5, 5.41) is 4.74. The predicted molar refractivity (Wildman–Crippen MR) is 125 cm³/mol. The maximum atomic E-state index is 13.0. The molecule has 5 rings (SSSR count). The molecule has 2 fully saturated rings. The Labute approximate surface area is 197 Å². The van der Waals surface area contributed by atoms with E-state index in [0.717, 1.165) is 56.2 Å². The minimum absolute atomic E-state index is 0.0750. The van der Waals surface area contributed by atoms with E-state index in [1.165, 1.54) is 0 Å². The maximum absolute atomic E-state index is 13.0. The summed E-state index contributed by atoms with van der Waals surface area (Å²) in [4.78, 5) is 23.9. The van der Waals surface area contributed by atoms with Crippen LogP contribution in [0.3, 0.4) is 0 Å². The Morgan fingerprint density at radius 2 is 1.61 bits per heavy atom. The Kier molecular flexibility index (Phi) is 6.57. The van der Waals surface area contributed by atoms with Crippen molar-refractivity contribution in [2.24, 2.45) is 0 Å². The molecular formula is C24H26ClN5O3. The van der Waals surface area contributed by atoms with Crippen LogP contribution >= 0.6 is 11.6 Å². The number of carbonyl (C=O) groups excluding carboxylic acids is 1. The lowest BCUT2D eigenvalue weighted by molar-refractivity contribution is 0.0615. The molecule has 0 saturated carbocycles. The van der Waals surface area contributed by atoms with E-state index in [9.17, 15) is 4.79 Å². The predicted octanol–water partition coefficient (Wildman–Crippen LogP) is 3.18. The molecule has 2 aromatic carbocycles. The molecule has 3 heterocycles. The molecule has 2 aliphatic rings. The first-order chi connectivity index (χ1) is 16.2. The number of hydrogen-bond donors (Lipinski definition) is 0. The molecule has 0 aliphatic carbocycles. The molecule has 2 saturated heterocycles. The van der Waals surface area contributed by atoms with E-state index in [1.807, 2.05) is 41.3 Å². The van der Waals surface area contributed by atoms with Crippen LogP contribution < -0.4 is 4.90 Å². The van der Waals surface area contributed by atoms with Gasteiger partial charge in [0.25, 0.3) is 5.91 Å². The van der Waals surface area contributed by atoms with Crippen LogP contribution in [0, 0.1) is 0 Å². The van der Waals surface area contributed by atoms with E-state index < -0.39 is 0 Å². The van der Waals surface area contributed by atoms with Gasteiger partial charge in [0.05, 0.1) is 19.8 Å². The van der Waals surface area contributed by atoms with Gasteiger partial charge in [-0.3, -0.25) is 9.69 Å². The first-order valence-electron chi connectivity index (χ1n) is 11.2. The van der Waals surface area contributed by atoms with Gasteiger partial charge in [0.15, 0.2) is 0 Å². The minimum atomic E-state index is 0.0750. The van der Waals surface area contributed by atoms with Gasteiger partial charge < -0.3 is 19.1 Å². The molecule has 8 nitrogen and oxygen atoms in total. The number of piperazine rings is 1. The zero-order chi connectivity index (χ0) is 22.6. The number of benzene rings is 2. The molecule has 172 valence electrons. The van der Waals surface area contributed by atoms with Crippen molar-refractivity contribution >= 4 is 23.2 Å². The van der Waals surface area contributed by atoms with Crippen LogP contribution in [0.4, 0.5) is 5.69 Å². The second-order valence-corrected chi connectivity index (χ2v) is 8.67. The summed E-state index contributed by atoms with van der Waals surface area (Å²) in [5.41, 5.74) is 2.73. The van der Waals surface area contributed by atoms with E-state index in [-0.39, 0.29) is 5.91 Å². The Morgan fingerprint density at radius 3 is 2.30 bits per heavy atom. The second-order valence-electron chi connectivity index (χ2n) is 8.23. The van der Waals surface area contributed by atoms with Gasteiger partial charge in [-0.2, -0.15) is 4.98 Å². The number of halogens is 1. The van der Waals surface area contributed by atoms with Gasteiger partial charge in [-0.25, -0.2) is 0 Å². The SMILES string of the molecule is O=C(c1ccc(N2CCOCC2)cc1)N1CCN(Cc2nc(-c3ccc(Cl)cc3)no2)CC1. The van der Waals surface area contributed by atoms with E-state index in [2.05, 4.69) is 19.9 Å². The summed E-state index contributed by atoms with van der Waals surface area (Å²) >= 11 is 5.94. The molecule has 0 atom stereocenters. The zero-order valence-electron chi connectivity index (χ0n) is 18.3. The highest BCUT2D eigenvalue weighted by molar-refractivity contribution is 6.30. The van der Waals surface area contributed by atoms with Gasteiger partial charge in [0.1, 0.15) is 0 Å². The molecule has 33 heavy (non-hydrogen) atoms. The standard InChI is InChI=1S/C24H26ClN5O3/c25-20-5-1-18(2-6-20)23-26-22(33-27-23)17-28-9-11-30(12-10-28)24(31)19-3-7-21(8-4-19)29-13-15-32-16-14-29/h1-8H,9-17H2. The zero-order valence-corrected chi connectivity index (χ0v) is 19.1. The fraction of sp³-hybridized carbons (Fsp3) is 0.375. The second kappa shape index (κ2) is 9.91. The average Bonchev–Trinajstić information content (AvgIpc) is 3.33. The summed E-state index contributed by atoms with van der Waals surface area (Å²) in [5.74, 6) is 1.19. The first kappa shape index (κ1) is 21.9. The van der Waals surface area contributed by atoms with Crippen LogP contribution in [0.15, 0.2) is 53.1 Å². The van der Waals surface area contributed by atoms with Crippen LogP contribution in [0.25, 0.3) is 11.4 Å². The number of anilines is 1. The Morgan fingerprint density at radius 1 is 0.909 bits per heavy atom. The minimum Gasteiger partial charge on any atom is -0.378 e. The quantitative estimate of drug-likeness (QED) is 0.570. The van der Waals surface area contributed by atoms with Crippen molar-refractivity contribution < 1.29 is 14.1 Å². The number of morpholine rings is 1. The van der Waals surface area contributed by atoms with Crippen molar-refractivity contribution in [3.05, 3.63) is 65.0 Å². The molecule has 0 unspecified atom stereocenters. The Bertz CT molecular complexity index is 1070. The number of hydrogen-bond acceptors (Lipinski definition) is 7. The van der Waals surface area contributed by atoms with Crippen molar-refractivity contribution in [1.29, 1.82) is 0 Å². The van der Waals surface area contributed by atoms with Crippen molar-refractivity contribution in [3.63, 3.8) is 0 Å². The molecular weight excluding hydrogens is 442 g/mol. The summed E-state index contributed by atoms with van der Waals surface area (Å²) in [7, 11) is 0. The molecule has 0 bridgehead atoms. The van der Waals surface area contributed by atoms with Gasteiger partial charge in [0.2, 0.25) is 11.7 Å². The highest BCUT2D eigenvalue weighted by atomic mass is 35.5. The fourth-order valence-corrected chi connectivity index (χ4v) is 4.28. The highest BCUT2D eigenvalue weighted by Crippen LogP contribution is 2.20. The third-order valence-corrected chi connectivity index (χ3v) is 6.33. The molecule has 0 spiro atoms. The van der Waals surface area contributed by atoms with Crippen molar-refractivity contribution in [2.45, 2.75) is 6.54 Å². The summed E-state index contributed by atoms with van der Waals surface area (Å²) in [6, 6.07) is 15.3. The Hall–Kier alpha value is -2.94. The van der Waals surface area contributed by atoms with E-state index >= 15 is 0 Å². The number of aromatic nitrogens is 2. The van der Waals surface area contributed by atoms with E-state index in [4.69, 9.17) is 20.9 Å². The highest BCUT2D eigenvalue weighted by Gasteiger charge is 2.24. The van der Waals surface area contributed by atoms with Gasteiger partial charge >= 0.3 is 0 Å². The lowest BCUT2D eigenvalue weighted by atomic mass is 10.1. The van der Waals surface area contributed by atoms with Crippen LogP contribution in [0.1, 0.15) is 16.2 Å². The van der Waals surface area contributed by atoms with Crippen LogP contribution in [0.5, 0.6) is 0 Å². The molecule has 0 radical (unpaired) electrons. The third kappa shape index (κ3) is 5.19. The van der Waals surface area contributed by atoms with Gasteiger partial charge in [-0.15, -0.1) is 0 Å². The number of rotatable bonds is 5. The summed E-state index contributed by atoms with van der Waals surface area (Å²) < 4.78 is 10.8. The molecule has 0 N–H and O–H groups in total.